The van der Waals surface area contributed by atoms with Crippen molar-refractivity contribution in [1.82, 2.24) is 15.8 Å². The maximum Gasteiger partial charge on any atom is 0.270 e. The molecule has 0 aliphatic carbocycles. The minimum atomic E-state index is -0.236. The molecule has 0 radical (unpaired) electrons. The fraction of sp³-hybridized carbons (Fsp3) is 0.105. The third-order valence-electron chi connectivity index (χ3n) is 3.76. The first-order chi connectivity index (χ1) is 12.7. The minimum absolute atomic E-state index is 0.236. The molecule has 0 bridgehead atoms. The van der Waals surface area contributed by atoms with Crippen LogP contribution in [0.3, 0.4) is 0 Å². The lowest BCUT2D eigenvalue weighted by atomic mass is 10.1. The summed E-state index contributed by atoms with van der Waals surface area (Å²) in [5.74, 6) is 0.409. The molecule has 7 heteroatoms. The quantitative estimate of drug-likeness (QED) is 0.353. The van der Waals surface area contributed by atoms with Crippen LogP contribution in [0.1, 0.15) is 16.1 Å². The maximum absolute atomic E-state index is 12.3. The summed E-state index contributed by atoms with van der Waals surface area (Å²) < 4.78 is 5.59. The average molecular weight is 367 g/mol. The van der Waals surface area contributed by atoms with E-state index < -0.39 is 0 Å². The molecule has 6 nitrogen and oxygen atoms in total. The van der Waals surface area contributed by atoms with Crippen LogP contribution in [-0.4, -0.2) is 34.2 Å². The van der Waals surface area contributed by atoms with Gasteiger partial charge in [-0.15, -0.1) is 0 Å². The van der Waals surface area contributed by atoms with Crippen LogP contribution in [0.15, 0.2) is 60.8 Å². The third kappa shape index (κ3) is 4.14. The summed E-state index contributed by atoms with van der Waals surface area (Å²) in [6, 6.07) is 16.5. The summed E-state index contributed by atoms with van der Waals surface area (Å²) in [5, 5.41) is 13.4. The van der Waals surface area contributed by atoms with Gasteiger partial charge in [0, 0.05) is 17.1 Å². The zero-order valence-corrected chi connectivity index (χ0v) is 14.6. The first-order valence-electron chi connectivity index (χ1n) is 7.98. The Morgan fingerprint density at radius 2 is 1.88 bits per heavy atom. The highest BCUT2D eigenvalue weighted by molar-refractivity contribution is 7.80. The number of nitrogens with one attached hydrogen (secondary N) is 2. The number of carbonyl (C=O) groups is 1. The van der Waals surface area contributed by atoms with Gasteiger partial charge in [0.15, 0.2) is 0 Å². The van der Waals surface area contributed by atoms with Crippen molar-refractivity contribution in [2.45, 2.75) is 0 Å². The van der Waals surface area contributed by atoms with E-state index in [4.69, 9.17) is 22.2 Å². The number of ether oxygens (including phenoxy) is 1. The number of benzene rings is 2. The van der Waals surface area contributed by atoms with Crippen LogP contribution in [0.2, 0.25) is 0 Å². The highest BCUT2D eigenvalue weighted by Crippen LogP contribution is 2.16. The highest BCUT2D eigenvalue weighted by Gasteiger charge is 2.10. The first kappa shape index (κ1) is 17.8. The number of thiocarbonyl (C=S) groups is 1. The highest BCUT2D eigenvalue weighted by atomic mass is 32.1. The van der Waals surface area contributed by atoms with E-state index in [1.54, 1.807) is 30.5 Å². The molecule has 3 N–H and O–H groups in total. The second kappa shape index (κ2) is 8.37. The molecule has 1 aromatic heterocycles. The van der Waals surface area contributed by atoms with Gasteiger partial charge in [-0.05, 0) is 35.7 Å². The number of fused-ring (bicyclic) bond motifs is 1. The molecule has 0 fully saturated rings. The molecule has 0 unspecified atom stereocenters. The second-order valence-corrected chi connectivity index (χ2v) is 5.86. The molecular formula is C19H17N3O3S. The number of pyridine rings is 1. The fourth-order valence-electron chi connectivity index (χ4n) is 2.48. The summed E-state index contributed by atoms with van der Waals surface area (Å²) in [5.41, 5.74) is 3.02. The number of rotatable bonds is 6. The number of hydrogen-bond acceptors (Lipinski definition) is 5. The van der Waals surface area contributed by atoms with Gasteiger partial charge in [-0.3, -0.25) is 20.5 Å². The Balaban J connectivity index is 1.53. The Hall–Kier alpha value is -3.03. The summed E-state index contributed by atoms with van der Waals surface area (Å²) in [4.78, 5) is 16.8. The van der Waals surface area contributed by atoms with Crippen molar-refractivity contribution in [3.8, 4) is 5.75 Å². The smallest absolute Gasteiger partial charge is 0.270 e. The lowest BCUT2D eigenvalue weighted by Crippen LogP contribution is -2.29. The number of nitrogens with zero attached hydrogens (tertiary/aromatic N) is 1. The minimum Gasteiger partial charge on any atom is -0.492 e. The summed E-state index contributed by atoms with van der Waals surface area (Å²) >= 11 is 4.92. The van der Waals surface area contributed by atoms with Gasteiger partial charge in [0.1, 0.15) is 23.0 Å². The van der Waals surface area contributed by atoms with E-state index in [1.807, 2.05) is 35.8 Å². The van der Waals surface area contributed by atoms with Crippen molar-refractivity contribution in [2.75, 3.05) is 13.2 Å². The molecular weight excluding hydrogens is 350 g/mol. The molecule has 0 aliphatic rings. The van der Waals surface area contributed by atoms with Gasteiger partial charge < -0.3 is 10.1 Å². The molecule has 2 aromatic carbocycles. The molecule has 0 atom stereocenters. The maximum atomic E-state index is 12.3. The van der Waals surface area contributed by atoms with Gasteiger partial charge in [-0.25, -0.2) is 0 Å². The predicted octanol–water partition coefficient (Wildman–Crippen LogP) is 2.70. The molecule has 26 heavy (non-hydrogen) atoms. The molecule has 0 spiro atoms. The van der Waals surface area contributed by atoms with Crippen molar-refractivity contribution >= 4 is 33.9 Å². The molecule has 3 aromatic rings. The molecule has 132 valence electrons. The van der Waals surface area contributed by atoms with Crippen LogP contribution < -0.4 is 15.5 Å². The first-order valence-corrected chi connectivity index (χ1v) is 8.39. The van der Waals surface area contributed by atoms with E-state index in [2.05, 4.69) is 10.3 Å². The molecule has 0 saturated heterocycles. The van der Waals surface area contributed by atoms with Crippen LogP contribution in [-0.2, 0) is 0 Å². The zero-order valence-electron chi connectivity index (χ0n) is 13.8. The normalized spacial score (nSPS) is 10.3. The van der Waals surface area contributed by atoms with E-state index in [-0.39, 0.29) is 10.9 Å². The molecule has 1 heterocycles. The SMILES string of the molecule is O=C(NCCOc1ccc(C(=S)NO)cc1)c1nccc2ccccc12. The van der Waals surface area contributed by atoms with Gasteiger partial charge in [0.25, 0.3) is 5.91 Å². The van der Waals surface area contributed by atoms with Gasteiger partial charge in [0.2, 0.25) is 0 Å². The Bertz CT molecular complexity index is 923. The fourth-order valence-corrected chi connectivity index (χ4v) is 2.62. The second-order valence-electron chi connectivity index (χ2n) is 5.45. The monoisotopic (exact) mass is 367 g/mol. The number of hydroxylamine groups is 1. The molecule has 0 saturated carbocycles. The van der Waals surface area contributed by atoms with Gasteiger partial charge in [0.05, 0.1) is 6.54 Å². The molecule has 1 amide bonds. The van der Waals surface area contributed by atoms with Gasteiger partial charge >= 0.3 is 0 Å². The number of aromatic nitrogens is 1. The Kier molecular flexibility index (Phi) is 5.73. The largest absolute Gasteiger partial charge is 0.492 e. The Labute approximate surface area is 155 Å². The average Bonchev–Trinajstić information content (AvgIpc) is 2.70. The van der Waals surface area contributed by atoms with Crippen molar-refractivity contribution in [3.63, 3.8) is 0 Å². The number of carbonyl (C=O) groups excluding carboxylic acids is 1. The summed E-state index contributed by atoms with van der Waals surface area (Å²) in [6.45, 7) is 0.667. The van der Waals surface area contributed by atoms with E-state index in [0.29, 0.717) is 30.2 Å². The van der Waals surface area contributed by atoms with Crippen molar-refractivity contribution in [2.24, 2.45) is 0 Å². The standard InChI is InChI=1S/C19H17N3O3S/c23-18(17-16-4-2-1-3-13(16)9-10-20-17)21-11-12-25-15-7-5-14(6-8-15)19(26)22-24/h1-10,24H,11-12H2,(H,21,23)(H,22,26). The molecule has 3 rings (SSSR count). The van der Waals surface area contributed by atoms with Crippen molar-refractivity contribution in [3.05, 3.63) is 72.1 Å². The van der Waals surface area contributed by atoms with Crippen LogP contribution in [0.25, 0.3) is 10.8 Å². The van der Waals surface area contributed by atoms with Crippen LogP contribution >= 0.6 is 12.2 Å². The number of hydrogen-bond donors (Lipinski definition) is 3. The van der Waals surface area contributed by atoms with E-state index >= 15 is 0 Å². The number of amides is 1. The summed E-state index contributed by atoms with van der Waals surface area (Å²) in [6.07, 6.45) is 1.63. The predicted molar refractivity (Wildman–Crippen MR) is 103 cm³/mol. The Morgan fingerprint density at radius 1 is 1.12 bits per heavy atom. The molecule has 0 aliphatic heterocycles. The van der Waals surface area contributed by atoms with E-state index in [9.17, 15) is 4.79 Å². The van der Waals surface area contributed by atoms with E-state index in [0.717, 1.165) is 10.8 Å². The van der Waals surface area contributed by atoms with E-state index in [1.165, 1.54) is 0 Å². The Morgan fingerprint density at radius 3 is 2.65 bits per heavy atom. The van der Waals surface area contributed by atoms with Crippen LogP contribution in [0.5, 0.6) is 5.75 Å². The lowest BCUT2D eigenvalue weighted by molar-refractivity contribution is 0.0944. The van der Waals surface area contributed by atoms with Crippen LogP contribution in [0, 0.1) is 0 Å². The van der Waals surface area contributed by atoms with Gasteiger partial charge in [-0.2, -0.15) is 0 Å². The lowest BCUT2D eigenvalue weighted by Gasteiger charge is -2.09. The third-order valence-corrected chi connectivity index (χ3v) is 4.09. The van der Waals surface area contributed by atoms with Gasteiger partial charge in [-0.1, -0.05) is 36.5 Å². The van der Waals surface area contributed by atoms with Crippen molar-refractivity contribution in [1.29, 1.82) is 0 Å². The summed E-state index contributed by atoms with van der Waals surface area (Å²) in [7, 11) is 0. The van der Waals surface area contributed by atoms with Crippen LogP contribution in [0.4, 0.5) is 0 Å². The topological polar surface area (TPSA) is 83.5 Å². The van der Waals surface area contributed by atoms with Crippen molar-refractivity contribution < 1.29 is 14.7 Å². The zero-order chi connectivity index (χ0) is 18.4.